The lowest BCUT2D eigenvalue weighted by Crippen LogP contribution is -2.51. The van der Waals surface area contributed by atoms with Crippen molar-refractivity contribution in [2.45, 2.75) is 38.6 Å². The Morgan fingerprint density at radius 1 is 0.909 bits per heavy atom. The van der Waals surface area contributed by atoms with Gasteiger partial charge in [-0.25, -0.2) is 9.78 Å². The summed E-state index contributed by atoms with van der Waals surface area (Å²) in [4.78, 5) is 20.8. The molecule has 7 nitrogen and oxygen atoms in total. The Kier molecular flexibility index (Phi) is 6.37. The topological polar surface area (TPSA) is 82.5 Å². The van der Waals surface area contributed by atoms with Crippen LogP contribution in [-0.2, 0) is 0 Å². The van der Waals surface area contributed by atoms with E-state index in [2.05, 4.69) is 39.1 Å². The van der Waals surface area contributed by atoms with Gasteiger partial charge in [-0.3, -0.25) is 4.90 Å². The molecule has 8 heteroatoms. The molecule has 1 aliphatic heterocycles. The van der Waals surface area contributed by atoms with E-state index >= 15 is 0 Å². The number of piperazine rings is 1. The molecule has 1 N–H and O–H groups in total. The molecule has 3 heterocycles. The number of aromatic nitrogens is 3. The summed E-state index contributed by atoms with van der Waals surface area (Å²) >= 11 is 1.48. The number of carboxylic acid groups (broad SMARTS) is 1. The minimum atomic E-state index is -0.935. The highest BCUT2D eigenvalue weighted by Crippen LogP contribution is 2.31. The Morgan fingerprint density at radius 3 is 2.15 bits per heavy atom. The SMILES string of the molecule is C[C@H]1CC[C@H](N2CCN(c3ccc(-c4nnc(-c5ccc(C(=O)O)cc5)s4)cn3)CC2)CC1. The molecule has 1 saturated carbocycles. The van der Waals surface area contributed by atoms with Gasteiger partial charge in [0.15, 0.2) is 0 Å². The predicted octanol–water partition coefficient (Wildman–Crippen LogP) is 4.67. The number of carboxylic acids is 1. The van der Waals surface area contributed by atoms with Gasteiger partial charge in [0.2, 0.25) is 0 Å². The lowest BCUT2D eigenvalue weighted by molar-refractivity contribution is 0.0697. The van der Waals surface area contributed by atoms with E-state index in [1.165, 1.54) is 37.0 Å². The van der Waals surface area contributed by atoms with Crippen LogP contribution in [0.3, 0.4) is 0 Å². The first-order valence-corrected chi connectivity index (χ1v) is 12.5. The van der Waals surface area contributed by atoms with Crippen molar-refractivity contribution in [1.82, 2.24) is 20.1 Å². The number of carbonyl (C=O) groups is 1. The molecule has 5 rings (SSSR count). The fourth-order valence-corrected chi connectivity index (χ4v) is 5.67. The molecule has 0 radical (unpaired) electrons. The van der Waals surface area contributed by atoms with E-state index in [1.807, 2.05) is 6.20 Å². The summed E-state index contributed by atoms with van der Waals surface area (Å²) in [6, 6.07) is 11.6. The second-order valence-electron chi connectivity index (χ2n) is 9.14. The van der Waals surface area contributed by atoms with Crippen molar-refractivity contribution in [3.8, 4) is 21.1 Å². The minimum Gasteiger partial charge on any atom is -0.478 e. The maximum absolute atomic E-state index is 11.0. The first-order valence-electron chi connectivity index (χ1n) is 11.7. The fourth-order valence-electron chi connectivity index (χ4n) is 4.84. The van der Waals surface area contributed by atoms with Crippen molar-refractivity contribution in [2.24, 2.45) is 5.92 Å². The van der Waals surface area contributed by atoms with Crippen molar-refractivity contribution >= 4 is 23.1 Å². The molecule has 0 amide bonds. The van der Waals surface area contributed by atoms with Gasteiger partial charge in [-0.1, -0.05) is 30.4 Å². The molecule has 0 spiro atoms. The molecule has 2 fully saturated rings. The summed E-state index contributed by atoms with van der Waals surface area (Å²) in [6.45, 7) is 6.65. The average Bonchev–Trinajstić information content (AvgIpc) is 3.35. The van der Waals surface area contributed by atoms with Crippen LogP contribution < -0.4 is 4.90 Å². The van der Waals surface area contributed by atoms with Gasteiger partial charge in [0.1, 0.15) is 15.8 Å². The van der Waals surface area contributed by atoms with Crippen LogP contribution in [0.2, 0.25) is 0 Å². The molecule has 2 aromatic heterocycles. The summed E-state index contributed by atoms with van der Waals surface area (Å²) in [5, 5.41) is 19.2. The zero-order valence-electron chi connectivity index (χ0n) is 18.9. The van der Waals surface area contributed by atoms with Crippen molar-refractivity contribution in [3.63, 3.8) is 0 Å². The minimum absolute atomic E-state index is 0.262. The van der Waals surface area contributed by atoms with Crippen LogP contribution in [0.1, 0.15) is 43.0 Å². The number of aromatic carboxylic acids is 1. The second kappa shape index (κ2) is 9.57. The third kappa shape index (κ3) is 4.91. The van der Waals surface area contributed by atoms with E-state index in [0.29, 0.717) is 0 Å². The molecule has 172 valence electrons. The Hall–Kier alpha value is -2.84. The van der Waals surface area contributed by atoms with Crippen molar-refractivity contribution in [1.29, 1.82) is 0 Å². The summed E-state index contributed by atoms with van der Waals surface area (Å²) < 4.78 is 0. The van der Waals surface area contributed by atoms with Crippen molar-refractivity contribution < 1.29 is 9.90 Å². The van der Waals surface area contributed by atoms with Crippen LogP contribution in [0, 0.1) is 5.92 Å². The summed E-state index contributed by atoms with van der Waals surface area (Å²) in [5.41, 5.74) is 2.07. The van der Waals surface area contributed by atoms with Crippen LogP contribution in [0.15, 0.2) is 42.6 Å². The number of nitrogens with zero attached hydrogens (tertiary/aromatic N) is 5. The number of rotatable bonds is 5. The predicted molar refractivity (Wildman–Crippen MR) is 131 cm³/mol. The highest BCUT2D eigenvalue weighted by Gasteiger charge is 2.27. The molecule has 0 unspecified atom stereocenters. The van der Waals surface area contributed by atoms with E-state index in [0.717, 1.165) is 65.1 Å². The zero-order valence-corrected chi connectivity index (χ0v) is 19.7. The maximum Gasteiger partial charge on any atom is 0.335 e. The van der Waals surface area contributed by atoms with E-state index < -0.39 is 5.97 Å². The fraction of sp³-hybridized carbons (Fsp3) is 0.440. The van der Waals surface area contributed by atoms with Gasteiger partial charge in [0.25, 0.3) is 0 Å². The second-order valence-corrected chi connectivity index (χ2v) is 10.1. The Balaban J connectivity index is 1.20. The standard InChI is InChI=1S/C25H29N5O2S/c1-17-2-9-21(10-3-17)29-12-14-30(15-13-29)22-11-8-20(16-26-22)24-28-27-23(33-24)18-4-6-19(7-5-18)25(31)32/h4-8,11,16-17,21H,2-3,9-10,12-15H2,1H3,(H,31,32)/t17-,21-. The van der Waals surface area contributed by atoms with Crippen LogP contribution in [0.5, 0.6) is 0 Å². The van der Waals surface area contributed by atoms with Crippen LogP contribution >= 0.6 is 11.3 Å². The Labute approximate surface area is 198 Å². The molecule has 3 aromatic rings. The summed E-state index contributed by atoms with van der Waals surface area (Å²) in [6.07, 6.45) is 7.31. The van der Waals surface area contributed by atoms with Crippen LogP contribution in [0.4, 0.5) is 5.82 Å². The quantitative estimate of drug-likeness (QED) is 0.589. The van der Waals surface area contributed by atoms with E-state index in [9.17, 15) is 4.79 Å². The zero-order chi connectivity index (χ0) is 22.8. The van der Waals surface area contributed by atoms with E-state index in [1.54, 1.807) is 24.3 Å². The molecular weight excluding hydrogens is 434 g/mol. The van der Waals surface area contributed by atoms with Gasteiger partial charge in [0.05, 0.1) is 5.56 Å². The molecular formula is C25H29N5O2S. The number of anilines is 1. The third-order valence-electron chi connectivity index (χ3n) is 6.94. The molecule has 2 aliphatic rings. The van der Waals surface area contributed by atoms with Gasteiger partial charge in [-0.05, 0) is 55.9 Å². The van der Waals surface area contributed by atoms with Crippen molar-refractivity contribution in [3.05, 3.63) is 48.2 Å². The molecule has 0 bridgehead atoms. The van der Waals surface area contributed by atoms with Crippen LogP contribution in [-0.4, -0.2) is 63.4 Å². The highest BCUT2D eigenvalue weighted by atomic mass is 32.1. The van der Waals surface area contributed by atoms with Gasteiger partial charge in [-0.2, -0.15) is 0 Å². The number of hydrogen-bond donors (Lipinski definition) is 1. The van der Waals surface area contributed by atoms with Crippen LogP contribution in [0.25, 0.3) is 21.1 Å². The normalized spacial score (nSPS) is 21.8. The van der Waals surface area contributed by atoms with Gasteiger partial charge in [-0.15, -0.1) is 10.2 Å². The molecule has 0 atom stereocenters. The molecule has 1 aromatic carbocycles. The maximum atomic E-state index is 11.0. The average molecular weight is 464 g/mol. The van der Waals surface area contributed by atoms with Gasteiger partial charge in [0, 0.05) is 49.5 Å². The van der Waals surface area contributed by atoms with E-state index in [4.69, 9.17) is 10.1 Å². The summed E-state index contributed by atoms with van der Waals surface area (Å²) in [7, 11) is 0. The Morgan fingerprint density at radius 2 is 1.55 bits per heavy atom. The highest BCUT2D eigenvalue weighted by molar-refractivity contribution is 7.17. The first-order chi connectivity index (χ1) is 16.1. The molecule has 1 saturated heterocycles. The smallest absolute Gasteiger partial charge is 0.335 e. The molecule has 33 heavy (non-hydrogen) atoms. The lowest BCUT2D eigenvalue weighted by atomic mass is 9.86. The van der Waals surface area contributed by atoms with Crippen molar-refractivity contribution in [2.75, 3.05) is 31.1 Å². The van der Waals surface area contributed by atoms with Gasteiger partial charge < -0.3 is 10.0 Å². The largest absolute Gasteiger partial charge is 0.478 e. The number of hydrogen-bond acceptors (Lipinski definition) is 7. The number of benzene rings is 1. The van der Waals surface area contributed by atoms with Gasteiger partial charge >= 0.3 is 5.97 Å². The third-order valence-corrected chi connectivity index (χ3v) is 7.96. The summed E-state index contributed by atoms with van der Waals surface area (Å²) in [5.74, 6) is 0.979. The lowest BCUT2D eigenvalue weighted by Gasteiger charge is -2.42. The first kappa shape index (κ1) is 22.0. The monoisotopic (exact) mass is 463 g/mol. The molecule has 1 aliphatic carbocycles. The Bertz CT molecular complexity index is 1080. The van der Waals surface area contributed by atoms with E-state index in [-0.39, 0.29) is 5.56 Å². The number of pyridine rings is 1.